The quantitative estimate of drug-likeness (QED) is 0.820. The van der Waals surface area contributed by atoms with Gasteiger partial charge in [-0.05, 0) is 25.2 Å². The Kier molecular flexibility index (Phi) is 4.83. The molecule has 1 fully saturated rings. The van der Waals surface area contributed by atoms with Crippen LogP contribution in [-0.2, 0) is 4.79 Å². The van der Waals surface area contributed by atoms with E-state index in [2.05, 4.69) is 5.32 Å². The summed E-state index contributed by atoms with van der Waals surface area (Å²) in [5.74, 6) is -1.41. The van der Waals surface area contributed by atoms with Gasteiger partial charge in [-0.2, -0.15) is 13.2 Å². The van der Waals surface area contributed by atoms with E-state index in [1.807, 2.05) is 0 Å². The molecule has 1 N–H and O–H groups in total. The van der Waals surface area contributed by atoms with Gasteiger partial charge in [-0.3, -0.25) is 4.79 Å². The van der Waals surface area contributed by atoms with Gasteiger partial charge in [0.25, 0.3) is 0 Å². The summed E-state index contributed by atoms with van der Waals surface area (Å²) in [4.78, 5) is 11.3. The van der Waals surface area contributed by atoms with Gasteiger partial charge in [0.15, 0.2) is 0 Å². The van der Waals surface area contributed by atoms with Crippen LogP contribution in [0.2, 0.25) is 0 Å². The SMILES string of the molecule is CC(C)C(=O)NCC1CCCC(C(F)(F)F)C1. The van der Waals surface area contributed by atoms with Gasteiger partial charge in [-0.25, -0.2) is 0 Å². The topological polar surface area (TPSA) is 29.1 Å². The first-order valence-corrected chi connectivity index (χ1v) is 6.15. The first kappa shape index (κ1) is 14.3. The average Bonchev–Trinajstić information content (AvgIpc) is 2.25. The second-order valence-corrected chi connectivity index (χ2v) is 5.17. The Labute approximate surface area is 100.0 Å². The summed E-state index contributed by atoms with van der Waals surface area (Å²) >= 11 is 0. The number of carbonyl (C=O) groups excluding carboxylic acids is 1. The Balaban J connectivity index is 2.38. The molecule has 17 heavy (non-hydrogen) atoms. The van der Waals surface area contributed by atoms with E-state index in [4.69, 9.17) is 0 Å². The second-order valence-electron chi connectivity index (χ2n) is 5.17. The van der Waals surface area contributed by atoms with E-state index in [0.717, 1.165) is 6.42 Å². The summed E-state index contributed by atoms with van der Waals surface area (Å²) in [5, 5.41) is 2.72. The van der Waals surface area contributed by atoms with Crippen LogP contribution in [-0.4, -0.2) is 18.6 Å². The van der Waals surface area contributed by atoms with E-state index in [9.17, 15) is 18.0 Å². The molecule has 0 radical (unpaired) electrons. The number of rotatable bonds is 3. The Bertz CT molecular complexity index is 263. The maximum absolute atomic E-state index is 12.6. The number of halogens is 3. The molecule has 2 unspecified atom stereocenters. The van der Waals surface area contributed by atoms with Crippen molar-refractivity contribution >= 4 is 5.91 Å². The molecule has 1 amide bonds. The molecule has 0 aliphatic heterocycles. The van der Waals surface area contributed by atoms with Crippen LogP contribution in [0, 0.1) is 17.8 Å². The molecule has 0 aromatic rings. The third-order valence-corrected chi connectivity index (χ3v) is 3.34. The molecule has 1 aliphatic rings. The van der Waals surface area contributed by atoms with Gasteiger partial charge in [0.05, 0.1) is 5.92 Å². The minimum Gasteiger partial charge on any atom is -0.356 e. The Hall–Kier alpha value is -0.740. The lowest BCUT2D eigenvalue weighted by molar-refractivity contribution is -0.185. The minimum absolute atomic E-state index is 0.0296. The van der Waals surface area contributed by atoms with Gasteiger partial charge in [-0.1, -0.05) is 20.3 Å². The van der Waals surface area contributed by atoms with Crippen molar-refractivity contribution < 1.29 is 18.0 Å². The number of carbonyl (C=O) groups is 1. The average molecular weight is 251 g/mol. The van der Waals surface area contributed by atoms with Crippen molar-refractivity contribution in [2.24, 2.45) is 17.8 Å². The second kappa shape index (κ2) is 5.74. The lowest BCUT2D eigenvalue weighted by Gasteiger charge is -2.30. The third-order valence-electron chi connectivity index (χ3n) is 3.34. The zero-order valence-corrected chi connectivity index (χ0v) is 10.3. The van der Waals surface area contributed by atoms with Crippen LogP contribution in [0.4, 0.5) is 13.2 Å². The van der Waals surface area contributed by atoms with Crippen molar-refractivity contribution in [2.45, 2.75) is 45.7 Å². The summed E-state index contributed by atoms with van der Waals surface area (Å²) < 4.78 is 37.7. The van der Waals surface area contributed by atoms with Crippen molar-refractivity contribution in [3.63, 3.8) is 0 Å². The molecule has 0 aromatic heterocycles. The Morgan fingerprint density at radius 3 is 2.53 bits per heavy atom. The fourth-order valence-electron chi connectivity index (χ4n) is 2.22. The largest absolute Gasteiger partial charge is 0.391 e. The summed E-state index contributed by atoms with van der Waals surface area (Å²) in [6.07, 6.45) is -2.31. The van der Waals surface area contributed by atoms with Crippen LogP contribution in [0.3, 0.4) is 0 Å². The van der Waals surface area contributed by atoms with Gasteiger partial charge >= 0.3 is 6.18 Å². The fraction of sp³-hybridized carbons (Fsp3) is 0.917. The van der Waals surface area contributed by atoms with Crippen LogP contribution in [0.15, 0.2) is 0 Å². The van der Waals surface area contributed by atoms with E-state index in [1.54, 1.807) is 13.8 Å². The highest BCUT2D eigenvalue weighted by atomic mass is 19.4. The third kappa shape index (κ3) is 4.56. The number of hydrogen-bond donors (Lipinski definition) is 1. The molecule has 0 saturated heterocycles. The van der Waals surface area contributed by atoms with Gasteiger partial charge in [-0.15, -0.1) is 0 Å². The van der Waals surface area contributed by atoms with E-state index >= 15 is 0 Å². The van der Waals surface area contributed by atoms with Crippen molar-refractivity contribution in [3.8, 4) is 0 Å². The predicted molar refractivity (Wildman–Crippen MR) is 59.4 cm³/mol. The van der Waals surface area contributed by atoms with Crippen molar-refractivity contribution in [3.05, 3.63) is 0 Å². The summed E-state index contributed by atoms with van der Waals surface area (Å²) in [6, 6.07) is 0. The van der Waals surface area contributed by atoms with E-state index < -0.39 is 12.1 Å². The van der Waals surface area contributed by atoms with E-state index in [0.29, 0.717) is 13.0 Å². The molecule has 0 bridgehead atoms. The van der Waals surface area contributed by atoms with Crippen molar-refractivity contribution in [2.75, 3.05) is 6.54 Å². The van der Waals surface area contributed by atoms with Crippen molar-refractivity contribution in [1.29, 1.82) is 0 Å². The Morgan fingerprint density at radius 1 is 1.35 bits per heavy atom. The molecule has 5 heteroatoms. The maximum atomic E-state index is 12.6. The van der Waals surface area contributed by atoms with Crippen LogP contribution in [0.25, 0.3) is 0 Å². The fourth-order valence-corrected chi connectivity index (χ4v) is 2.22. The minimum atomic E-state index is -4.08. The zero-order valence-electron chi connectivity index (χ0n) is 10.3. The molecule has 0 spiro atoms. The number of amides is 1. The van der Waals surface area contributed by atoms with Gasteiger partial charge in [0.2, 0.25) is 5.91 Å². The molecule has 1 saturated carbocycles. The maximum Gasteiger partial charge on any atom is 0.391 e. The van der Waals surface area contributed by atoms with E-state index in [1.165, 1.54) is 0 Å². The summed E-state index contributed by atoms with van der Waals surface area (Å²) in [7, 11) is 0. The van der Waals surface area contributed by atoms with E-state index in [-0.39, 0.29) is 30.6 Å². The number of alkyl halides is 3. The first-order chi connectivity index (χ1) is 7.80. The van der Waals surface area contributed by atoms with Gasteiger partial charge in [0.1, 0.15) is 0 Å². The zero-order chi connectivity index (χ0) is 13.1. The highest BCUT2D eigenvalue weighted by Gasteiger charge is 2.42. The molecular formula is C12H20F3NO. The monoisotopic (exact) mass is 251 g/mol. The lowest BCUT2D eigenvalue weighted by Crippen LogP contribution is -2.36. The predicted octanol–water partition coefficient (Wildman–Crippen LogP) is 3.13. The highest BCUT2D eigenvalue weighted by Crippen LogP contribution is 2.39. The first-order valence-electron chi connectivity index (χ1n) is 6.15. The Morgan fingerprint density at radius 2 is 2.00 bits per heavy atom. The van der Waals surface area contributed by atoms with Crippen LogP contribution in [0.1, 0.15) is 39.5 Å². The van der Waals surface area contributed by atoms with Crippen LogP contribution >= 0.6 is 0 Å². The van der Waals surface area contributed by atoms with Crippen LogP contribution < -0.4 is 5.32 Å². The highest BCUT2D eigenvalue weighted by molar-refractivity contribution is 5.77. The molecule has 2 nitrogen and oxygen atoms in total. The standard InChI is InChI=1S/C12H20F3NO/c1-8(2)11(17)16-7-9-4-3-5-10(6-9)12(13,14)15/h8-10H,3-7H2,1-2H3,(H,16,17). The number of hydrogen-bond acceptors (Lipinski definition) is 1. The molecule has 0 heterocycles. The summed E-state index contributed by atoms with van der Waals surface area (Å²) in [5.41, 5.74) is 0. The van der Waals surface area contributed by atoms with Crippen LogP contribution in [0.5, 0.6) is 0 Å². The molecule has 2 atom stereocenters. The molecule has 1 aliphatic carbocycles. The smallest absolute Gasteiger partial charge is 0.356 e. The van der Waals surface area contributed by atoms with Gasteiger partial charge in [0, 0.05) is 12.5 Å². The lowest BCUT2D eigenvalue weighted by atomic mass is 9.81. The summed E-state index contributed by atoms with van der Waals surface area (Å²) in [6.45, 7) is 3.92. The molecular weight excluding hydrogens is 231 g/mol. The molecule has 1 rings (SSSR count). The molecule has 0 aromatic carbocycles. The normalized spacial score (nSPS) is 26.0. The molecule has 100 valence electrons. The van der Waals surface area contributed by atoms with Crippen molar-refractivity contribution in [1.82, 2.24) is 5.32 Å². The number of nitrogens with one attached hydrogen (secondary N) is 1. The van der Waals surface area contributed by atoms with Gasteiger partial charge < -0.3 is 5.32 Å².